The monoisotopic (exact) mass is 314 g/mol. The molecule has 1 atom stereocenters. The molecule has 22 heavy (non-hydrogen) atoms. The van der Waals surface area contributed by atoms with Crippen LogP contribution in [0, 0.1) is 0 Å². The summed E-state index contributed by atoms with van der Waals surface area (Å²) in [6, 6.07) is 21.0. The van der Waals surface area contributed by atoms with Crippen molar-refractivity contribution < 1.29 is 4.74 Å². The second-order valence-corrected chi connectivity index (χ2v) is 5.45. The van der Waals surface area contributed by atoms with Gasteiger partial charge in [-0.2, -0.15) is 0 Å². The SMILES string of the molecule is COCCNC(=S)NC(Cc1ccccc1)c1ccccc1. The van der Waals surface area contributed by atoms with Crippen LogP contribution in [0.15, 0.2) is 60.7 Å². The van der Waals surface area contributed by atoms with Crippen LogP contribution in [0.1, 0.15) is 17.2 Å². The second-order valence-electron chi connectivity index (χ2n) is 5.05. The molecule has 116 valence electrons. The molecule has 2 rings (SSSR count). The molecule has 0 aliphatic carbocycles. The summed E-state index contributed by atoms with van der Waals surface area (Å²) in [6.07, 6.45) is 0.886. The van der Waals surface area contributed by atoms with Crippen LogP contribution in [0.3, 0.4) is 0 Å². The van der Waals surface area contributed by atoms with E-state index >= 15 is 0 Å². The van der Waals surface area contributed by atoms with Crippen LogP contribution >= 0.6 is 12.2 Å². The number of nitrogens with one attached hydrogen (secondary N) is 2. The van der Waals surface area contributed by atoms with Gasteiger partial charge in [0.1, 0.15) is 0 Å². The molecule has 3 nitrogen and oxygen atoms in total. The average molecular weight is 314 g/mol. The Bertz CT molecular complexity index is 560. The van der Waals surface area contributed by atoms with Gasteiger partial charge in [-0.3, -0.25) is 0 Å². The molecule has 0 bridgehead atoms. The number of benzene rings is 2. The smallest absolute Gasteiger partial charge is 0.166 e. The molecule has 1 unspecified atom stereocenters. The first-order chi connectivity index (χ1) is 10.8. The van der Waals surface area contributed by atoms with Crippen molar-refractivity contribution in [2.45, 2.75) is 12.5 Å². The molecule has 2 aromatic rings. The van der Waals surface area contributed by atoms with E-state index in [1.54, 1.807) is 7.11 Å². The topological polar surface area (TPSA) is 33.3 Å². The summed E-state index contributed by atoms with van der Waals surface area (Å²) in [5.74, 6) is 0. The van der Waals surface area contributed by atoms with Crippen molar-refractivity contribution in [1.82, 2.24) is 10.6 Å². The van der Waals surface area contributed by atoms with Crippen LogP contribution in [0.2, 0.25) is 0 Å². The minimum atomic E-state index is 0.145. The van der Waals surface area contributed by atoms with Gasteiger partial charge in [0.2, 0.25) is 0 Å². The summed E-state index contributed by atoms with van der Waals surface area (Å²) in [7, 11) is 1.68. The number of thiocarbonyl (C=S) groups is 1. The number of hydrogen-bond acceptors (Lipinski definition) is 2. The molecule has 0 fully saturated rings. The van der Waals surface area contributed by atoms with Crippen LogP contribution in [-0.2, 0) is 11.2 Å². The van der Waals surface area contributed by atoms with Gasteiger partial charge in [0.15, 0.2) is 5.11 Å². The van der Waals surface area contributed by atoms with Gasteiger partial charge in [-0.15, -0.1) is 0 Å². The first kappa shape index (κ1) is 16.5. The summed E-state index contributed by atoms with van der Waals surface area (Å²) in [5.41, 5.74) is 2.51. The minimum absolute atomic E-state index is 0.145. The van der Waals surface area contributed by atoms with E-state index in [1.165, 1.54) is 11.1 Å². The molecule has 2 aromatic carbocycles. The third-order valence-electron chi connectivity index (χ3n) is 3.38. The summed E-state index contributed by atoms with van der Waals surface area (Å²) in [5, 5.41) is 7.22. The molecule has 4 heteroatoms. The highest BCUT2D eigenvalue weighted by molar-refractivity contribution is 7.80. The third kappa shape index (κ3) is 5.47. The number of methoxy groups -OCH3 is 1. The van der Waals surface area contributed by atoms with Crippen molar-refractivity contribution in [3.63, 3.8) is 0 Å². The van der Waals surface area contributed by atoms with Crippen LogP contribution in [0.25, 0.3) is 0 Å². The van der Waals surface area contributed by atoms with E-state index in [2.05, 4.69) is 59.2 Å². The largest absolute Gasteiger partial charge is 0.383 e. The first-order valence-corrected chi connectivity index (χ1v) is 7.82. The van der Waals surface area contributed by atoms with Gasteiger partial charge >= 0.3 is 0 Å². The van der Waals surface area contributed by atoms with E-state index in [1.807, 2.05) is 12.1 Å². The van der Waals surface area contributed by atoms with E-state index in [0.29, 0.717) is 18.3 Å². The predicted molar refractivity (Wildman–Crippen MR) is 94.9 cm³/mol. The molecular formula is C18H22N2OS. The maximum absolute atomic E-state index is 5.38. The van der Waals surface area contributed by atoms with Crippen molar-refractivity contribution in [2.75, 3.05) is 20.3 Å². The van der Waals surface area contributed by atoms with Crippen molar-refractivity contribution in [3.8, 4) is 0 Å². The van der Waals surface area contributed by atoms with E-state index < -0.39 is 0 Å². The van der Waals surface area contributed by atoms with Crippen molar-refractivity contribution in [1.29, 1.82) is 0 Å². The number of ether oxygens (including phenoxy) is 1. The number of hydrogen-bond donors (Lipinski definition) is 2. The third-order valence-corrected chi connectivity index (χ3v) is 3.64. The predicted octanol–water partition coefficient (Wildman–Crippen LogP) is 3.08. The van der Waals surface area contributed by atoms with Crippen LogP contribution in [0.5, 0.6) is 0 Å². The van der Waals surface area contributed by atoms with E-state index in [-0.39, 0.29) is 6.04 Å². The Morgan fingerprint density at radius 2 is 1.68 bits per heavy atom. The Morgan fingerprint density at radius 3 is 2.32 bits per heavy atom. The molecule has 2 N–H and O–H groups in total. The standard InChI is InChI=1S/C18H22N2OS/c1-21-13-12-19-18(22)20-17(16-10-6-3-7-11-16)14-15-8-4-2-5-9-15/h2-11,17H,12-14H2,1H3,(H2,19,20,22). The molecule has 0 spiro atoms. The van der Waals surface area contributed by atoms with Crippen molar-refractivity contribution in [3.05, 3.63) is 71.8 Å². The van der Waals surface area contributed by atoms with Gasteiger partial charge < -0.3 is 15.4 Å². The zero-order valence-corrected chi connectivity index (χ0v) is 13.6. The maximum atomic E-state index is 5.38. The lowest BCUT2D eigenvalue weighted by molar-refractivity contribution is 0.204. The summed E-state index contributed by atoms with van der Waals surface area (Å²) in [4.78, 5) is 0. The first-order valence-electron chi connectivity index (χ1n) is 7.42. The quantitative estimate of drug-likeness (QED) is 0.608. The van der Waals surface area contributed by atoms with Crippen molar-refractivity contribution >= 4 is 17.3 Å². The maximum Gasteiger partial charge on any atom is 0.166 e. The van der Waals surface area contributed by atoms with Crippen LogP contribution in [0.4, 0.5) is 0 Å². The minimum Gasteiger partial charge on any atom is -0.383 e. The Labute approximate surface area is 137 Å². The molecule has 0 aromatic heterocycles. The summed E-state index contributed by atoms with van der Waals surface area (Å²) < 4.78 is 5.03. The van der Waals surface area contributed by atoms with Crippen molar-refractivity contribution in [2.24, 2.45) is 0 Å². The summed E-state index contributed by atoms with van der Waals surface area (Å²) >= 11 is 5.38. The zero-order valence-electron chi connectivity index (χ0n) is 12.8. The summed E-state index contributed by atoms with van der Waals surface area (Å²) in [6.45, 7) is 1.34. The molecular weight excluding hydrogens is 292 g/mol. The fraction of sp³-hybridized carbons (Fsp3) is 0.278. The van der Waals surface area contributed by atoms with Gasteiger partial charge in [0.05, 0.1) is 12.6 Å². The van der Waals surface area contributed by atoms with Crippen LogP contribution in [-0.4, -0.2) is 25.4 Å². The highest BCUT2D eigenvalue weighted by Gasteiger charge is 2.13. The average Bonchev–Trinajstić information content (AvgIpc) is 2.56. The van der Waals surface area contributed by atoms with Gasteiger partial charge in [-0.05, 0) is 29.8 Å². The molecule has 0 radical (unpaired) electrons. The molecule has 0 amide bonds. The second kappa shape index (κ2) is 9.18. The Morgan fingerprint density at radius 1 is 1.05 bits per heavy atom. The highest BCUT2D eigenvalue weighted by atomic mass is 32.1. The normalized spacial score (nSPS) is 11.7. The fourth-order valence-electron chi connectivity index (χ4n) is 2.26. The Kier molecular flexibility index (Phi) is 6.87. The Balaban J connectivity index is 2.04. The molecule has 0 heterocycles. The van der Waals surface area contributed by atoms with E-state index in [4.69, 9.17) is 17.0 Å². The van der Waals surface area contributed by atoms with E-state index in [0.717, 1.165) is 6.42 Å². The van der Waals surface area contributed by atoms with Gasteiger partial charge in [-0.25, -0.2) is 0 Å². The lowest BCUT2D eigenvalue weighted by atomic mass is 9.99. The van der Waals surface area contributed by atoms with Gasteiger partial charge in [0.25, 0.3) is 0 Å². The molecule has 0 saturated carbocycles. The van der Waals surface area contributed by atoms with Gasteiger partial charge in [0, 0.05) is 13.7 Å². The zero-order chi connectivity index (χ0) is 15.6. The lowest BCUT2D eigenvalue weighted by Gasteiger charge is -2.21. The fourth-order valence-corrected chi connectivity index (χ4v) is 2.51. The van der Waals surface area contributed by atoms with Gasteiger partial charge in [-0.1, -0.05) is 60.7 Å². The molecule has 0 aliphatic rings. The molecule has 0 saturated heterocycles. The number of rotatable bonds is 7. The lowest BCUT2D eigenvalue weighted by Crippen LogP contribution is -2.39. The highest BCUT2D eigenvalue weighted by Crippen LogP contribution is 2.18. The molecule has 0 aliphatic heterocycles. The van der Waals surface area contributed by atoms with Crippen LogP contribution < -0.4 is 10.6 Å². The van der Waals surface area contributed by atoms with E-state index in [9.17, 15) is 0 Å². The Hall–Kier alpha value is -1.91.